The zero-order valence-electron chi connectivity index (χ0n) is 11.4. The van der Waals surface area contributed by atoms with Crippen LogP contribution in [0.4, 0.5) is 0 Å². The molecule has 0 saturated carbocycles. The number of halogens is 3. The number of nitrogens with one attached hydrogen (secondary N) is 2. The summed E-state index contributed by atoms with van der Waals surface area (Å²) >= 11 is 3.52. The normalized spacial score (nSPS) is 9.42. The molecule has 2 N–H and O–H groups in total. The lowest BCUT2D eigenvalue weighted by Crippen LogP contribution is -2.19. The van der Waals surface area contributed by atoms with Gasteiger partial charge in [-0.3, -0.25) is 0 Å². The second-order valence-electron chi connectivity index (χ2n) is 3.83. The van der Waals surface area contributed by atoms with Crippen LogP contribution in [0.2, 0.25) is 0 Å². The Morgan fingerprint density at radius 3 is 2.53 bits per heavy atom. The predicted octanol–water partition coefficient (Wildman–Crippen LogP) is 3.39. The Hall–Kier alpha value is -0.000000000000000111. The fourth-order valence-electron chi connectivity index (χ4n) is 1.55. The Balaban J connectivity index is 0. The minimum atomic E-state index is 0. The van der Waals surface area contributed by atoms with Crippen LogP contribution in [0.3, 0.4) is 0 Å². The molecule has 1 rings (SSSR count). The van der Waals surface area contributed by atoms with Crippen LogP contribution in [0, 0.1) is 0 Å². The second-order valence-corrected chi connectivity index (χ2v) is 4.69. The smallest absolute Gasteiger partial charge is 0.133 e. The lowest BCUT2D eigenvalue weighted by Gasteiger charge is -2.09. The van der Waals surface area contributed by atoms with Crippen LogP contribution in [0.1, 0.15) is 18.9 Å². The summed E-state index contributed by atoms with van der Waals surface area (Å²) in [5.74, 6) is 0.909. The van der Waals surface area contributed by atoms with Crippen molar-refractivity contribution in [2.75, 3.05) is 26.7 Å². The molecule has 0 unspecified atom stereocenters. The number of hydrogen-bond acceptors (Lipinski definition) is 3. The first-order valence-corrected chi connectivity index (χ1v) is 6.83. The highest BCUT2D eigenvalue weighted by molar-refractivity contribution is 9.10. The molecule has 1 aromatic rings. The van der Waals surface area contributed by atoms with Crippen molar-refractivity contribution in [2.24, 2.45) is 0 Å². The lowest BCUT2D eigenvalue weighted by atomic mass is 10.2. The minimum Gasteiger partial charge on any atom is -0.493 e. The van der Waals surface area contributed by atoms with Crippen molar-refractivity contribution in [1.29, 1.82) is 0 Å². The SMILES string of the molecule is CCOc1ccc(CNCCCNC)cc1Br.Cl.Cl. The molecule has 112 valence electrons. The van der Waals surface area contributed by atoms with Crippen LogP contribution in [0.25, 0.3) is 0 Å². The number of ether oxygens (including phenoxy) is 1. The quantitative estimate of drug-likeness (QED) is 0.685. The van der Waals surface area contributed by atoms with Gasteiger partial charge in [-0.2, -0.15) is 0 Å². The summed E-state index contributed by atoms with van der Waals surface area (Å²) in [6.45, 7) is 5.67. The van der Waals surface area contributed by atoms with E-state index in [0.29, 0.717) is 6.61 Å². The Labute approximate surface area is 136 Å². The van der Waals surface area contributed by atoms with Gasteiger partial charge in [0.25, 0.3) is 0 Å². The van der Waals surface area contributed by atoms with E-state index in [4.69, 9.17) is 4.74 Å². The number of hydrogen-bond donors (Lipinski definition) is 2. The van der Waals surface area contributed by atoms with Gasteiger partial charge in [0.15, 0.2) is 0 Å². The molecule has 0 heterocycles. The molecule has 0 saturated heterocycles. The summed E-state index contributed by atoms with van der Waals surface area (Å²) < 4.78 is 6.50. The van der Waals surface area contributed by atoms with E-state index in [1.807, 2.05) is 20.0 Å². The molecular formula is C13H23BrCl2N2O. The third-order valence-electron chi connectivity index (χ3n) is 2.41. The monoisotopic (exact) mass is 372 g/mol. The Kier molecular flexibility index (Phi) is 14.6. The molecule has 0 amide bonds. The van der Waals surface area contributed by atoms with Crippen molar-refractivity contribution >= 4 is 40.7 Å². The molecular weight excluding hydrogens is 351 g/mol. The van der Waals surface area contributed by atoms with Crippen molar-refractivity contribution in [3.05, 3.63) is 28.2 Å². The van der Waals surface area contributed by atoms with Crippen LogP contribution < -0.4 is 15.4 Å². The first-order chi connectivity index (χ1) is 8.27. The highest BCUT2D eigenvalue weighted by Crippen LogP contribution is 2.25. The maximum atomic E-state index is 5.47. The topological polar surface area (TPSA) is 33.3 Å². The van der Waals surface area contributed by atoms with Gasteiger partial charge >= 0.3 is 0 Å². The molecule has 0 atom stereocenters. The van der Waals surface area contributed by atoms with Gasteiger partial charge < -0.3 is 15.4 Å². The van der Waals surface area contributed by atoms with Crippen molar-refractivity contribution in [3.63, 3.8) is 0 Å². The molecule has 1 aromatic carbocycles. The summed E-state index contributed by atoms with van der Waals surface area (Å²) in [4.78, 5) is 0. The van der Waals surface area contributed by atoms with Crippen LogP contribution in [0.5, 0.6) is 5.75 Å². The summed E-state index contributed by atoms with van der Waals surface area (Å²) in [7, 11) is 1.98. The zero-order valence-corrected chi connectivity index (χ0v) is 14.6. The molecule has 6 heteroatoms. The molecule has 0 aliphatic carbocycles. The van der Waals surface area contributed by atoms with Crippen molar-refractivity contribution in [1.82, 2.24) is 10.6 Å². The number of rotatable bonds is 8. The average Bonchev–Trinajstić information content (AvgIpc) is 2.32. The van der Waals surface area contributed by atoms with Gasteiger partial charge in [-0.1, -0.05) is 6.07 Å². The fraction of sp³-hybridized carbons (Fsp3) is 0.538. The van der Waals surface area contributed by atoms with Crippen LogP contribution >= 0.6 is 40.7 Å². The summed E-state index contributed by atoms with van der Waals surface area (Å²) in [5.41, 5.74) is 1.27. The number of benzene rings is 1. The standard InChI is InChI=1S/C13H21BrN2O.2ClH/c1-3-17-13-6-5-11(9-12(13)14)10-16-8-4-7-15-2;;/h5-6,9,15-16H,3-4,7-8,10H2,1-2H3;2*1H. The molecule has 0 aliphatic rings. The van der Waals surface area contributed by atoms with Crippen LogP contribution in [-0.4, -0.2) is 26.7 Å². The van der Waals surface area contributed by atoms with Gasteiger partial charge in [-0.15, -0.1) is 24.8 Å². The molecule has 3 nitrogen and oxygen atoms in total. The summed E-state index contributed by atoms with van der Waals surface area (Å²) in [6, 6.07) is 6.22. The third kappa shape index (κ3) is 8.71. The van der Waals surface area contributed by atoms with E-state index in [2.05, 4.69) is 38.7 Å². The van der Waals surface area contributed by atoms with E-state index in [1.165, 1.54) is 5.56 Å². The van der Waals surface area contributed by atoms with Gasteiger partial charge in [0.05, 0.1) is 11.1 Å². The van der Waals surface area contributed by atoms with Crippen molar-refractivity contribution in [2.45, 2.75) is 19.9 Å². The highest BCUT2D eigenvalue weighted by atomic mass is 79.9. The summed E-state index contributed by atoms with van der Waals surface area (Å²) in [5, 5.41) is 6.55. The maximum Gasteiger partial charge on any atom is 0.133 e. The highest BCUT2D eigenvalue weighted by Gasteiger charge is 2.01. The fourth-order valence-corrected chi connectivity index (χ4v) is 2.09. The lowest BCUT2D eigenvalue weighted by molar-refractivity contribution is 0.338. The van der Waals surface area contributed by atoms with E-state index in [1.54, 1.807) is 0 Å². The second kappa shape index (κ2) is 13.0. The van der Waals surface area contributed by atoms with Crippen LogP contribution in [-0.2, 0) is 6.54 Å². The van der Waals surface area contributed by atoms with Crippen molar-refractivity contribution < 1.29 is 4.74 Å². The molecule has 0 aromatic heterocycles. The van der Waals surface area contributed by atoms with Gasteiger partial charge in [0, 0.05) is 6.54 Å². The Morgan fingerprint density at radius 1 is 1.21 bits per heavy atom. The Morgan fingerprint density at radius 2 is 1.95 bits per heavy atom. The minimum absolute atomic E-state index is 0. The molecule has 0 aliphatic heterocycles. The van der Waals surface area contributed by atoms with Crippen molar-refractivity contribution in [3.8, 4) is 5.75 Å². The average molecular weight is 374 g/mol. The molecule has 0 fully saturated rings. The summed E-state index contributed by atoms with van der Waals surface area (Å²) in [6.07, 6.45) is 1.15. The predicted molar refractivity (Wildman–Crippen MR) is 90.1 cm³/mol. The largest absolute Gasteiger partial charge is 0.493 e. The van der Waals surface area contributed by atoms with Crippen LogP contribution in [0.15, 0.2) is 22.7 Å². The maximum absolute atomic E-state index is 5.47. The van der Waals surface area contributed by atoms with Gasteiger partial charge in [-0.25, -0.2) is 0 Å². The van der Waals surface area contributed by atoms with E-state index in [9.17, 15) is 0 Å². The van der Waals surface area contributed by atoms with Gasteiger partial charge in [-0.05, 0) is 67.1 Å². The molecule has 0 radical (unpaired) electrons. The van der Waals surface area contributed by atoms with E-state index in [-0.39, 0.29) is 24.8 Å². The van der Waals surface area contributed by atoms with E-state index >= 15 is 0 Å². The molecule has 19 heavy (non-hydrogen) atoms. The Bertz CT molecular complexity index is 340. The van der Waals surface area contributed by atoms with E-state index in [0.717, 1.165) is 36.3 Å². The van der Waals surface area contributed by atoms with Gasteiger partial charge in [0.1, 0.15) is 5.75 Å². The zero-order chi connectivity index (χ0) is 12.5. The molecule has 0 bridgehead atoms. The first kappa shape index (κ1) is 21.3. The third-order valence-corrected chi connectivity index (χ3v) is 3.03. The van der Waals surface area contributed by atoms with Gasteiger partial charge in [0.2, 0.25) is 0 Å². The van der Waals surface area contributed by atoms with E-state index < -0.39 is 0 Å². The first-order valence-electron chi connectivity index (χ1n) is 6.04. The molecule has 0 spiro atoms.